The maximum atomic E-state index is 15.4. The summed E-state index contributed by atoms with van der Waals surface area (Å²) in [6, 6.07) is 29.1. The predicted molar refractivity (Wildman–Crippen MR) is 235 cm³/mol. The molecule has 0 unspecified atom stereocenters. The van der Waals surface area contributed by atoms with E-state index in [1.807, 2.05) is 97.3 Å². The fourth-order valence-electron chi connectivity index (χ4n) is 9.25. The average Bonchev–Trinajstić information content (AvgIpc) is 3.54. The summed E-state index contributed by atoms with van der Waals surface area (Å²) in [5.41, 5.74) is -14.2. The topological polar surface area (TPSA) is 56.3 Å². The molecule has 1 heterocycles. The molecule has 0 saturated heterocycles. The van der Waals surface area contributed by atoms with Crippen LogP contribution >= 0.6 is 0 Å². The van der Waals surface area contributed by atoms with Crippen molar-refractivity contribution in [3.8, 4) is 5.75 Å². The molecule has 10 rings (SSSR count). The first kappa shape index (κ1) is 52.9. The van der Waals surface area contributed by atoms with Crippen molar-refractivity contribution < 1.29 is 102 Å². The normalized spacial score (nSPS) is 11.7. The van der Waals surface area contributed by atoms with Crippen molar-refractivity contribution in [1.82, 2.24) is 0 Å². The number of aromatic nitrogens is 1. The fourth-order valence-corrected chi connectivity index (χ4v) is 9.25. The second kappa shape index (κ2) is 19.3. The van der Waals surface area contributed by atoms with Crippen LogP contribution in [0.15, 0.2) is 103 Å². The first-order valence-corrected chi connectivity index (χ1v) is 21.2. The van der Waals surface area contributed by atoms with Crippen LogP contribution in [0.4, 0.5) is 93.5 Å². The minimum atomic E-state index is -7.22. The standard InChI is InChI=1S/C27H17N2O3.C24BF20/c30-29(31)26-22-11-5-3-8-19(22)16-25-24(26)15-20-9-4-6-12-23(20)27(25)32-28-14-13-18-7-1-2-10-21(18)17-28;26-5-1(6(27)14(35)21(42)13(5)34)25(2-7(28)15(36)22(43)16(37)8(2)29,3-9(30)17(38)23(44)18(39)10(3)31)4-11(32)19(40)24(45)20(41)12(4)33/h1-17H;/q+1;-1. The van der Waals surface area contributed by atoms with E-state index < -0.39 is 144 Å². The van der Waals surface area contributed by atoms with Gasteiger partial charge in [0.15, 0.2) is 69.8 Å². The van der Waals surface area contributed by atoms with Gasteiger partial charge in [0.1, 0.15) is 52.7 Å². The monoisotopic (exact) mass is 1100 g/mol. The van der Waals surface area contributed by atoms with Gasteiger partial charge in [-0.1, -0.05) is 60.7 Å². The Labute approximate surface area is 414 Å². The number of hydrogen-bond acceptors (Lipinski definition) is 3. The third kappa shape index (κ3) is 7.93. The molecule has 0 aliphatic carbocycles. The van der Waals surface area contributed by atoms with Gasteiger partial charge in [-0.25, -0.2) is 92.6 Å². The van der Waals surface area contributed by atoms with E-state index in [2.05, 4.69) is 0 Å². The molecule has 77 heavy (non-hydrogen) atoms. The first-order valence-electron chi connectivity index (χ1n) is 21.2. The fraction of sp³-hybridized carbons (Fsp3) is 0. The maximum Gasteiger partial charge on any atom is 0.285 e. The van der Waals surface area contributed by atoms with E-state index in [0.29, 0.717) is 21.9 Å². The lowest BCUT2D eigenvalue weighted by molar-refractivity contribution is -0.873. The lowest BCUT2D eigenvalue weighted by Crippen LogP contribution is -2.81. The zero-order chi connectivity index (χ0) is 56.0. The Morgan fingerprint density at radius 2 is 0.649 bits per heavy atom. The molecule has 0 amide bonds. The Kier molecular flexibility index (Phi) is 13.3. The van der Waals surface area contributed by atoms with Crippen molar-refractivity contribution in [2.24, 2.45) is 0 Å². The highest BCUT2D eigenvalue weighted by Crippen LogP contribution is 2.43. The van der Waals surface area contributed by atoms with Crippen molar-refractivity contribution >= 4 is 76.8 Å². The Morgan fingerprint density at radius 1 is 0.351 bits per heavy atom. The van der Waals surface area contributed by atoms with Crippen LogP contribution in [0.2, 0.25) is 0 Å². The third-order valence-electron chi connectivity index (χ3n) is 12.6. The van der Waals surface area contributed by atoms with Gasteiger partial charge in [0.05, 0.1) is 21.1 Å². The van der Waals surface area contributed by atoms with Crippen molar-refractivity contribution in [2.75, 3.05) is 0 Å². The van der Waals surface area contributed by atoms with E-state index in [0.717, 1.165) is 26.9 Å². The van der Waals surface area contributed by atoms with E-state index in [1.165, 1.54) is 0 Å². The number of rotatable bonds is 7. The zero-order valence-electron chi connectivity index (χ0n) is 37.1. The minimum absolute atomic E-state index is 0.0946. The van der Waals surface area contributed by atoms with Crippen LogP contribution < -0.4 is 31.4 Å². The quantitative estimate of drug-likeness (QED) is 0.0234. The summed E-state index contributed by atoms with van der Waals surface area (Å²) in [7, 11) is 0. The molecule has 0 spiro atoms. The zero-order valence-corrected chi connectivity index (χ0v) is 37.1. The molecule has 0 bridgehead atoms. The minimum Gasteiger partial charge on any atom is -0.258 e. The summed E-state index contributed by atoms with van der Waals surface area (Å²) in [6.07, 6.45) is -3.45. The molecular weight excluding hydrogens is 1080 g/mol. The largest absolute Gasteiger partial charge is 0.285 e. The summed E-state index contributed by atoms with van der Waals surface area (Å²) in [6.45, 7) is 0. The van der Waals surface area contributed by atoms with Crippen molar-refractivity contribution in [3.05, 3.63) is 230 Å². The van der Waals surface area contributed by atoms with Crippen molar-refractivity contribution in [3.63, 3.8) is 0 Å². The smallest absolute Gasteiger partial charge is 0.258 e. The SMILES string of the molecule is Fc1c(F)c(F)c([B-](c2c(F)c(F)c(F)c(F)c2F)(c2c(F)c(F)c(F)c(F)c2F)c2c(F)c(F)c(F)c(F)c2F)c(F)c1F.O=[N+]([O-])c1c2ccccc2cc2c(O[n+]3ccc4ccccc4c3)c3ccccc3cc12. The van der Waals surface area contributed by atoms with Gasteiger partial charge in [-0.05, 0) is 40.4 Å². The van der Waals surface area contributed by atoms with Crippen LogP contribution in [0.3, 0.4) is 0 Å². The predicted octanol–water partition coefficient (Wildman–Crippen LogP) is 12.2. The molecule has 0 saturated carbocycles. The van der Waals surface area contributed by atoms with Gasteiger partial charge in [-0.15, -0.1) is 21.9 Å². The summed E-state index contributed by atoms with van der Waals surface area (Å²) in [5, 5.41) is 18.7. The summed E-state index contributed by atoms with van der Waals surface area (Å²) in [5.74, 6) is -70.8. The number of hydrogen-bond donors (Lipinski definition) is 0. The van der Waals surface area contributed by atoms with Gasteiger partial charge in [-0.2, -0.15) is 0 Å². The molecule has 1 aromatic heterocycles. The molecule has 9 aromatic carbocycles. The summed E-state index contributed by atoms with van der Waals surface area (Å²) < 4.78 is 296. The van der Waals surface area contributed by atoms with Crippen LogP contribution in [0.25, 0.3) is 43.1 Å². The van der Waals surface area contributed by atoms with E-state index in [9.17, 15) is 62.8 Å². The highest BCUT2D eigenvalue weighted by molar-refractivity contribution is 7.20. The number of nitro benzene ring substituents is 1. The highest BCUT2D eigenvalue weighted by atomic mass is 19.2. The number of fused-ring (bicyclic) bond motifs is 4. The van der Waals surface area contributed by atoms with E-state index in [4.69, 9.17) is 4.84 Å². The van der Waals surface area contributed by atoms with Crippen LogP contribution in [-0.4, -0.2) is 11.1 Å². The lowest BCUT2D eigenvalue weighted by atomic mass is 9.12. The molecule has 392 valence electrons. The molecular formula is C51H17BF20N2O3. The molecule has 0 atom stereocenters. The average molecular weight is 1100 g/mol. The second-order valence-corrected chi connectivity index (χ2v) is 16.6. The third-order valence-corrected chi connectivity index (χ3v) is 12.6. The molecule has 0 aliphatic heterocycles. The molecule has 0 aliphatic rings. The van der Waals surface area contributed by atoms with Crippen molar-refractivity contribution in [2.45, 2.75) is 0 Å². The molecule has 26 heteroatoms. The number of halogens is 20. The summed E-state index contributed by atoms with van der Waals surface area (Å²) >= 11 is 0. The van der Waals surface area contributed by atoms with Gasteiger partial charge in [-0.3, -0.25) is 10.1 Å². The Bertz CT molecular complexity index is 3820. The van der Waals surface area contributed by atoms with Gasteiger partial charge in [0, 0.05) is 21.6 Å². The molecule has 0 radical (unpaired) electrons. The van der Waals surface area contributed by atoms with E-state index >= 15 is 35.1 Å². The van der Waals surface area contributed by atoms with E-state index in [1.54, 1.807) is 10.8 Å². The Balaban J connectivity index is 0.000000197. The maximum absolute atomic E-state index is 15.4. The van der Waals surface area contributed by atoms with Crippen LogP contribution in [-0.2, 0) is 0 Å². The van der Waals surface area contributed by atoms with Crippen molar-refractivity contribution in [1.29, 1.82) is 0 Å². The first-order chi connectivity index (χ1) is 36.4. The van der Waals surface area contributed by atoms with Crippen LogP contribution in [0, 0.1) is 126 Å². The Morgan fingerprint density at radius 3 is 1.03 bits per heavy atom. The number of pyridine rings is 1. The Hall–Kier alpha value is -8.97. The van der Waals surface area contributed by atoms with Gasteiger partial charge >= 0.3 is 0 Å². The van der Waals surface area contributed by atoms with E-state index in [-0.39, 0.29) is 10.6 Å². The highest BCUT2D eigenvalue weighted by Gasteiger charge is 2.52. The molecule has 10 aromatic rings. The van der Waals surface area contributed by atoms with Gasteiger partial charge in [0.25, 0.3) is 5.69 Å². The second-order valence-electron chi connectivity index (χ2n) is 16.6. The molecule has 0 fully saturated rings. The van der Waals surface area contributed by atoms with Crippen LogP contribution in [0.1, 0.15) is 0 Å². The number of nitro groups is 1. The lowest BCUT2D eigenvalue weighted by Gasteiger charge is -2.44. The number of benzene rings is 9. The van der Waals surface area contributed by atoms with Crippen LogP contribution in [0.5, 0.6) is 5.75 Å². The molecule has 5 nitrogen and oxygen atoms in total. The van der Waals surface area contributed by atoms with Gasteiger partial charge < -0.3 is 0 Å². The molecule has 0 N–H and O–H groups in total. The van der Waals surface area contributed by atoms with Gasteiger partial charge in [0.2, 0.25) is 18.1 Å². The summed E-state index contributed by atoms with van der Waals surface area (Å²) in [4.78, 5) is 18.2. The number of non-ortho nitro benzene ring substituents is 1. The number of nitrogens with zero attached hydrogens (tertiary/aromatic N) is 2.